The van der Waals surface area contributed by atoms with E-state index in [1.165, 1.54) is 0 Å². The van der Waals surface area contributed by atoms with Crippen LogP contribution in [0.1, 0.15) is 5.69 Å². The normalized spacial score (nSPS) is 19.1. The van der Waals surface area contributed by atoms with Crippen molar-refractivity contribution in [2.24, 2.45) is 0 Å². The van der Waals surface area contributed by atoms with Gasteiger partial charge >= 0.3 is 0 Å². The van der Waals surface area contributed by atoms with E-state index in [9.17, 15) is 0 Å². The summed E-state index contributed by atoms with van der Waals surface area (Å²) in [5.41, 5.74) is 1.02. The van der Waals surface area contributed by atoms with Gasteiger partial charge in [-0.1, -0.05) is 0 Å². The van der Waals surface area contributed by atoms with Gasteiger partial charge in [0.15, 0.2) is 0 Å². The molecule has 2 rings (SSSR count). The third kappa shape index (κ3) is 2.54. The second-order valence-electron chi connectivity index (χ2n) is 3.18. The zero-order chi connectivity index (χ0) is 8.93. The maximum absolute atomic E-state index is 5.27. The minimum atomic E-state index is 0.865. The highest BCUT2D eigenvalue weighted by molar-refractivity contribution is 4.95. The van der Waals surface area contributed by atoms with Crippen LogP contribution in [0, 0.1) is 6.07 Å². The first-order chi connectivity index (χ1) is 6.45. The molecule has 2 heterocycles. The van der Waals surface area contributed by atoms with Crippen LogP contribution in [0.2, 0.25) is 0 Å². The smallest absolute Gasteiger partial charge is 0.0714 e. The molecule has 1 aromatic heterocycles. The van der Waals surface area contributed by atoms with E-state index in [1.807, 2.05) is 0 Å². The Morgan fingerprint density at radius 3 is 3.08 bits per heavy atom. The topological polar surface area (TPSA) is 41.2 Å². The summed E-state index contributed by atoms with van der Waals surface area (Å²) in [6.07, 6.45) is 2.72. The molecule has 0 saturated carbocycles. The van der Waals surface area contributed by atoms with Gasteiger partial charge < -0.3 is 4.74 Å². The van der Waals surface area contributed by atoms with Crippen molar-refractivity contribution in [1.82, 2.24) is 15.1 Å². The third-order valence-electron chi connectivity index (χ3n) is 2.27. The van der Waals surface area contributed by atoms with Crippen LogP contribution < -0.4 is 0 Å². The van der Waals surface area contributed by atoms with E-state index < -0.39 is 0 Å². The van der Waals surface area contributed by atoms with Gasteiger partial charge in [-0.2, -0.15) is 5.10 Å². The Hall–Kier alpha value is -0.870. The first kappa shape index (κ1) is 8.72. The molecular weight excluding hydrogens is 166 g/mol. The summed E-state index contributed by atoms with van der Waals surface area (Å²) >= 11 is 0. The Labute approximate surface area is 77.9 Å². The lowest BCUT2D eigenvalue weighted by Crippen LogP contribution is -2.37. The monoisotopic (exact) mass is 180 g/mol. The Morgan fingerprint density at radius 2 is 2.38 bits per heavy atom. The largest absolute Gasteiger partial charge is 0.379 e. The number of nitrogens with one attached hydrogen (secondary N) is 1. The van der Waals surface area contributed by atoms with Gasteiger partial charge in [-0.15, -0.1) is 0 Å². The predicted molar refractivity (Wildman–Crippen MR) is 48.4 cm³/mol. The number of hydrogen-bond donors (Lipinski definition) is 1. The van der Waals surface area contributed by atoms with Crippen LogP contribution in [0.3, 0.4) is 0 Å². The van der Waals surface area contributed by atoms with E-state index in [0.29, 0.717) is 0 Å². The number of rotatable bonds is 3. The molecule has 1 aliphatic rings. The molecule has 0 atom stereocenters. The Kier molecular flexibility index (Phi) is 2.94. The van der Waals surface area contributed by atoms with Crippen molar-refractivity contribution in [2.75, 3.05) is 32.8 Å². The molecule has 0 aromatic carbocycles. The molecule has 0 bridgehead atoms. The van der Waals surface area contributed by atoms with Crippen molar-refractivity contribution in [1.29, 1.82) is 0 Å². The molecule has 1 saturated heterocycles. The van der Waals surface area contributed by atoms with Gasteiger partial charge in [-0.25, -0.2) is 0 Å². The molecule has 1 fully saturated rings. The molecule has 0 amide bonds. The minimum Gasteiger partial charge on any atom is -0.379 e. The van der Waals surface area contributed by atoms with Crippen molar-refractivity contribution in [3.63, 3.8) is 0 Å². The molecular formula is C9H14N3O. The van der Waals surface area contributed by atoms with Crippen molar-refractivity contribution in [2.45, 2.75) is 6.42 Å². The SMILES string of the molecule is [c]1c[nH]nc1CCN1CCOCC1. The molecule has 1 radical (unpaired) electrons. The highest BCUT2D eigenvalue weighted by atomic mass is 16.5. The van der Waals surface area contributed by atoms with E-state index in [2.05, 4.69) is 21.2 Å². The molecule has 1 aliphatic heterocycles. The lowest BCUT2D eigenvalue weighted by atomic mass is 10.3. The first-order valence-electron chi connectivity index (χ1n) is 4.65. The van der Waals surface area contributed by atoms with E-state index >= 15 is 0 Å². The zero-order valence-corrected chi connectivity index (χ0v) is 7.62. The molecule has 4 nitrogen and oxygen atoms in total. The van der Waals surface area contributed by atoms with Crippen molar-refractivity contribution in [3.8, 4) is 0 Å². The third-order valence-corrected chi connectivity index (χ3v) is 2.27. The van der Waals surface area contributed by atoms with Crippen molar-refractivity contribution >= 4 is 0 Å². The fraction of sp³-hybridized carbons (Fsp3) is 0.667. The summed E-state index contributed by atoms with van der Waals surface area (Å²) in [5.74, 6) is 0. The summed E-state index contributed by atoms with van der Waals surface area (Å²) in [6.45, 7) is 4.88. The number of nitrogens with zero attached hydrogens (tertiary/aromatic N) is 2. The number of hydrogen-bond acceptors (Lipinski definition) is 3. The molecule has 1 aromatic rings. The molecule has 0 spiro atoms. The molecule has 1 N–H and O–H groups in total. The molecule has 0 unspecified atom stereocenters. The van der Waals surface area contributed by atoms with Gasteiger partial charge in [0.25, 0.3) is 0 Å². The van der Waals surface area contributed by atoms with Crippen LogP contribution in [0.4, 0.5) is 0 Å². The average Bonchev–Trinajstić information content (AvgIpc) is 2.69. The number of aromatic amines is 1. The number of aromatic nitrogens is 2. The Morgan fingerprint density at radius 1 is 1.54 bits per heavy atom. The molecule has 13 heavy (non-hydrogen) atoms. The van der Waals surface area contributed by atoms with Crippen LogP contribution in [0.5, 0.6) is 0 Å². The van der Waals surface area contributed by atoms with E-state index in [0.717, 1.165) is 45.0 Å². The first-order valence-corrected chi connectivity index (χ1v) is 4.65. The second-order valence-corrected chi connectivity index (χ2v) is 3.18. The summed E-state index contributed by atoms with van der Waals surface area (Å²) < 4.78 is 5.27. The zero-order valence-electron chi connectivity index (χ0n) is 7.62. The number of H-pyrrole nitrogens is 1. The lowest BCUT2D eigenvalue weighted by Gasteiger charge is -2.25. The van der Waals surface area contributed by atoms with Gasteiger partial charge in [-0.05, 0) is 0 Å². The molecule has 71 valence electrons. The Balaban J connectivity index is 1.72. The molecule has 4 heteroatoms. The highest BCUT2D eigenvalue weighted by Gasteiger charge is 2.09. The maximum Gasteiger partial charge on any atom is 0.0714 e. The predicted octanol–water partition coefficient (Wildman–Crippen LogP) is 0.0846. The Bertz CT molecular complexity index is 229. The molecule has 0 aliphatic carbocycles. The lowest BCUT2D eigenvalue weighted by molar-refractivity contribution is 0.0383. The van der Waals surface area contributed by atoms with Crippen LogP contribution in [-0.2, 0) is 11.2 Å². The van der Waals surface area contributed by atoms with E-state index in [4.69, 9.17) is 4.74 Å². The van der Waals surface area contributed by atoms with Crippen molar-refractivity contribution < 1.29 is 4.74 Å². The number of ether oxygens (including phenoxy) is 1. The van der Waals surface area contributed by atoms with E-state index in [1.54, 1.807) is 6.20 Å². The fourth-order valence-corrected chi connectivity index (χ4v) is 1.47. The highest BCUT2D eigenvalue weighted by Crippen LogP contribution is 1.99. The van der Waals surface area contributed by atoms with Crippen LogP contribution in [0.15, 0.2) is 6.20 Å². The van der Waals surface area contributed by atoms with Gasteiger partial charge in [0.1, 0.15) is 0 Å². The van der Waals surface area contributed by atoms with Crippen LogP contribution in [-0.4, -0.2) is 47.9 Å². The summed E-state index contributed by atoms with van der Waals surface area (Å²) in [5, 5.41) is 6.83. The average molecular weight is 180 g/mol. The van der Waals surface area contributed by atoms with Crippen LogP contribution in [0.25, 0.3) is 0 Å². The summed E-state index contributed by atoms with van der Waals surface area (Å²) in [7, 11) is 0. The van der Waals surface area contributed by atoms with Gasteiger partial charge in [0, 0.05) is 38.3 Å². The van der Waals surface area contributed by atoms with Crippen LogP contribution >= 0.6 is 0 Å². The quantitative estimate of drug-likeness (QED) is 0.716. The standard InChI is InChI=1S/C9H14N3O/c1-3-10-11-9(1)2-4-12-5-7-13-8-6-12/h3H,2,4-8H2,(H,10,11). The second kappa shape index (κ2) is 4.39. The van der Waals surface area contributed by atoms with E-state index in [-0.39, 0.29) is 0 Å². The van der Waals surface area contributed by atoms with Crippen molar-refractivity contribution in [3.05, 3.63) is 18.0 Å². The fourth-order valence-electron chi connectivity index (χ4n) is 1.47. The summed E-state index contributed by atoms with van der Waals surface area (Å²) in [4.78, 5) is 2.39. The maximum atomic E-state index is 5.27. The minimum absolute atomic E-state index is 0.865. The number of morpholine rings is 1. The van der Waals surface area contributed by atoms with Gasteiger partial charge in [0.2, 0.25) is 0 Å². The van der Waals surface area contributed by atoms with Gasteiger partial charge in [-0.3, -0.25) is 10.00 Å². The summed E-state index contributed by atoms with van der Waals surface area (Å²) in [6, 6.07) is 3.05. The van der Waals surface area contributed by atoms with Gasteiger partial charge in [0.05, 0.1) is 18.9 Å².